The summed E-state index contributed by atoms with van der Waals surface area (Å²) >= 11 is 5.22. The zero-order valence-electron chi connectivity index (χ0n) is 13.2. The molecule has 122 valence electrons. The quantitative estimate of drug-likeness (QED) is 0.692. The first-order valence-electron chi connectivity index (χ1n) is 7.43. The topological polar surface area (TPSA) is 59.0 Å². The Morgan fingerprint density at radius 1 is 1.25 bits per heavy atom. The van der Waals surface area contributed by atoms with Crippen molar-refractivity contribution in [2.75, 3.05) is 12.4 Å². The molecule has 0 bridgehead atoms. The maximum atomic E-state index is 12.4. The van der Waals surface area contributed by atoms with Gasteiger partial charge in [-0.15, -0.1) is 0 Å². The van der Waals surface area contributed by atoms with Gasteiger partial charge in [0.25, 0.3) is 5.91 Å². The van der Waals surface area contributed by atoms with Crippen LogP contribution in [-0.4, -0.2) is 22.6 Å². The van der Waals surface area contributed by atoms with Crippen molar-refractivity contribution < 1.29 is 9.53 Å². The molecule has 2 N–H and O–H groups in total. The van der Waals surface area contributed by atoms with Crippen molar-refractivity contribution in [3.8, 4) is 5.69 Å². The standard InChI is InChI=1S/C18H17N3O2S/c1-23-12-13-4-2-5-14(10-13)17(22)20-15-6-3-7-16(11-15)21-9-8-19-18(21)24/h2-11H,12H2,1H3,(H,19,24)(H,20,22). The van der Waals surface area contributed by atoms with E-state index in [-0.39, 0.29) is 5.91 Å². The average Bonchev–Trinajstić information content (AvgIpc) is 3.02. The number of carbonyl (C=O) groups excluding carboxylic acids is 1. The van der Waals surface area contributed by atoms with E-state index in [1.165, 1.54) is 0 Å². The number of nitrogens with one attached hydrogen (secondary N) is 2. The lowest BCUT2D eigenvalue weighted by Gasteiger charge is -2.09. The van der Waals surface area contributed by atoms with E-state index in [9.17, 15) is 4.79 Å². The van der Waals surface area contributed by atoms with E-state index in [2.05, 4.69) is 10.3 Å². The monoisotopic (exact) mass is 339 g/mol. The highest BCUT2D eigenvalue weighted by atomic mass is 32.1. The summed E-state index contributed by atoms with van der Waals surface area (Å²) in [6.07, 6.45) is 3.62. The van der Waals surface area contributed by atoms with Crippen LogP contribution < -0.4 is 5.32 Å². The van der Waals surface area contributed by atoms with Gasteiger partial charge in [0.05, 0.1) is 6.61 Å². The fourth-order valence-electron chi connectivity index (χ4n) is 2.43. The van der Waals surface area contributed by atoms with Crippen LogP contribution in [-0.2, 0) is 11.3 Å². The van der Waals surface area contributed by atoms with Crippen LogP contribution in [0.2, 0.25) is 0 Å². The van der Waals surface area contributed by atoms with E-state index >= 15 is 0 Å². The summed E-state index contributed by atoms with van der Waals surface area (Å²) in [6, 6.07) is 14.9. The molecule has 3 aromatic rings. The van der Waals surface area contributed by atoms with E-state index in [1.807, 2.05) is 53.2 Å². The van der Waals surface area contributed by atoms with Crippen molar-refractivity contribution in [3.63, 3.8) is 0 Å². The Morgan fingerprint density at radius 2 is 2.08 bits per heavy atom. The SMILES string of the molecule is COCc1cccc(C(=O)Nc2cccc(-n3cc[nH]c3=S)c2)c1. The third-order valence-corrected chi connectivity index (χ3v) is 3.85. The first-order chi connectivity index (χ1) is 11.7. The first kappa shape index (κ1) is 16.2. The van der Waals surface area contributed by atoms with Crippen molar-refractivity contribution >= 4 is 23.8 Å². The minimum atomic E-state index is -0.164. The maximum absolute atomic E-state index is 12.4. The van der Waals surface area contributed by atoms with Crippen molar-refractivity contribution in [2.45, 2.75) is 6.61 Å². The fraction of sp³-hybridized carbons (Fsp3) is 0.111. The van der Waals surface area contributed by atoms with Crippen LogP contribution in [0.3, 0.4) is 0 Å². The number of anilines is 1. The van der Waals surface area contributed by atoms with Gasteiger partial charge in [0, 0.05) is 36.4 Å². The predicted octanol–water partition coefficient (Wildman–Crippen LogP) is 3.93. The van der Waals surface area contributed by atoms with Crippen molar-refractivity contribution in [3.05, 3.63) is 76.8 Å². The molecule has 0 aliphatic carbocycles. The Labute approximate surface area is 144 Å². The lowest BCUT2D eigenvalue weighted by Crippen LogP contribution is -2.12. The highest BCUT2D eigenvalue weighted by molar-refractivity contribution is 7.71. The molecule has 1 amide bonds. The Balaban J connectivity index is 1.81. The minimum Gasteiger partial charge on any atom is -0.380 e. The van der Waals surface area contributed by atoms with Crippen LogP contribution >= 0.6 is 12.2 Å². The van der Waals surface area contributed by atoms with Gasteiger partial charge in [0.2, 0.25) is 0 Å². The molecule has 0 radical (unpaired) electrons. The Hall–Kier alpha value is -2.70. The highest BCUT2D eigenvalue weighted by Crippen LogP contribution is 2.16. The number of benzene rings is 2. The Morgan fingerprint density at radius 3 is 2.83 bits per heavy atom. The average molecular weight is 339 g/mol. The largest absolute Gasteiger partial charge is 0.380 e. The molecule has 6 heteroatoms. The first-order valence-corrected chi connectivity index (χ1v) is 7.84. The van der Waals surface area contributed by atoms with E-state index < -0.39 is 0 Å². The molecule has 2 aromatic carbocycles. The number of aromatic amines is 1. The number of carbonyl (C=O) groups is 1. The van der Waals surface area contributed by atoms with Crippen LogP contribution in [0.5, 0.6) is 0 Å². The van der Waals surface area contributed by atoms with Gasteiger partial charge in [0.1, 0.15) is 0 Å². The molecule has 0 spiro atoms. The zero-order valence-corrected chi connectivity index (χ0v) is 14.0. The van der Waals surface area contributed by atoms with Gasteiger partial charge in [0.15, 0.2) is 4.77 Å². The second-order valence-electron chi connectivity index (χ2n) is 5.27. The van der Waals surface area contributed by atoms with Gasteiger partial charge in [-0.2, -0.15) is 0 Å². The Bertz CT molecular complexity index is 914. The third kappa shape index (κ3) is 3.61. The van der Waals surface area contributed by atoms with Crippen LogP contribution in [0, 0.1) is 4.77 Å². The molecular weight excluding hydrogens is 322 g/mol. The summed E-state index contributed by atoms with van der Waals surface area (Å²) < 4.78 is 7.54. The number of methoxy groups -OCH3 is 1. The fourth-order valence-corrected chi connectivity index (χ4v) is 2.66. The molecule has 5 nitrogen and oxygen atoms in total. The molecular formula is C18H17N3O2S. The van der Waals surface area contributed by atoms with Crippen molar-refractivity contribution in [2.24, 2.45) is 0 Å². The minimum absolute atomic E-state index is 0.164. The molecule has 0 unspecified atom stereocenters. The smallest absolute Gasteiger partial charge is 0.255 e. The second kappa shape index (κ2) is 7.25. The summed E-state index contributed by atoms with van der Waals surface area (Å²) in [5.74, 6) is -0.164. The summed E-state index contributed by atoms with van der Waals surface area (Å²) in [6.45, 7) is 0.475. The molecule has 0 aliphatic heterocycles. The van der Waals surface area contributed by atoms with Crippen molar-refractivity contribution in [1.82, 2.24) is 9.55 Å². The summed E-state index contributed by atoms with van der Waals surface area (Å²) in [7, 11) is 1.63. The van der Waals surface area contributed by atoms with E-state index in [0.29, 0.717) is 22.6 Å². The van der Waals surface area contributed by atoms with Gasteiger partial charge < -0.3 is 15.0 Å². The van der Waals surface area contributed by atoms with Gasteiger partial charge in [-0.05, 0) is 48.1 Å². The van der Waals surface area contributed by atoms with Crippen LogP contribution in [0.4, 0.5) is 5.69 Å². The van der Waals surface area contributed by atoms with Gasteiger partial charge >= 0.3 is 0 Å². The van der Waals surface area contributed by atoms with Gasteiger partial charge in [-0.25, -0.2) is 0 Å². The molecule has 1 aromatic heterocycles. The van der Waals surface area contributed by atoms with Gasteiger partial charge in [-0.3, -0.25) is 9.36 Å². The molecule has 0 aliphatic rings. The zero-order chi connectivity index (χ0) is 16.9. The number of imidazole rings is 1. The van der Waals surface area contributed by atoms with Crippen LogP contribution in [0.15, 0.2) is 60.9 Å². The Kier molecular flexibility index (Phi) is 4.88. The molecule has 0 atom stereocenters. The number of rotatable bonds is 5. The third-order valence-electron chi connectivity index (χ3n) is 3.53. The predicted molar refractivity (Wildman–Crippen MR) is 96.1 cm³/mol. The van der Waals surface area contributed by atoms with Crippen molar-refractivity contribution in [1.29, 1.82) is 0 Å². The normalized spacial score (nSPS) is 10.5. The highest BCUT2D eigenvalue weighted by Gasteiger charge is 2.08. The lowest BCUT2D eigenvalue weighted by atomic mass is 10.1. The number of aromatic nitrogens is 2. The number of nitrogens with zero attached hydrogens (tertiary/aromatic N) is 1. The van der Waals surface area contributed by atoms with E-state index in [0.717, 1.165) is 11.3 Å². The maximum Gasteiger partial charge on any atom is 0.255 e. The molecule has 0 fully saturated rings. The van der Waals surface area contributed by atoms with Crippen LogP contribution in [0.1, 0.15) is 15.9 Å². The number of hydrogen-bond donors (Lipinski definition) is 2. The summed E-state index contributed by atoms with van der Waals surface area (Å²) in [4.78, 5) is 15.4. The van der Waals surface area contributed by atoms with Gasteiger partial charge in [-0.1, -0.05) is 18.2 Å². The van der Waals surface area contributed by atoms with E-state index in [1.54, 1.807) is 19.4 Å². The summed E-state index contributed by atoms with van der Waals surface area (Å²) in [5.41, 5.74) is 3.13. The number of amides is 1. The number of ether oxygens (including phenoxy) is 1. The lowest BCUT2D eigenvalue weighted by molar-refractivity contribution is 0.102. The molecule has 1 heterocycles. The molecule has 0 saturated heterocycles. The molecule has 0 saturated carbocycles. The number of hydrogen-bond acceptors (Lipinski definition) is 3. The molecule has 3 rings (SSSR count). The van der Waals surface area contributed by atoms with E-state index in [4.69, 9.17) is 17.0 Å². The van der Waals surface area contributed by atoms with Crippen LogP contribution in [0.25, 0.3) is 5.69 Å². The summed E-state index contributed by atoms with van der Waals surface area (Å²) in [5, 5.41) is 2.91. The second-order valence-corrected chi connectivity index (χ2v) is 5.66. The number of H-pyrrole nitrogens is 1. The molecule has 24 heavy (non-hydrogen) atoms.